The Balaban J connectivity index is 1.36. The third-order valence-electron chi connectivity index (χ3n) is 6.19. The van der Waals surface area contributed by atoms with Gasteiger partial charge in [-0.1, -0.05) is 18.2 Å². The number of ether oxygens (including phenoxy) is 1. The number of pyridine rings is 2. The van der Waals surface area contributed by atoms with Crippen molar-refractivity contribution in [1.82, 2.24) is 14.9 Å². The van der Waals surface area contributed by atoms with Crippen LogP contribution in [-0.2, 0) is 18.5 Å². The first-order chi connectivity index (χ1) is 14.3. The molecule has 0 radical (unpaired) electrons. The fourth-order valence-electron chi connectivity index (χ4n) is 4.88. The fraction of sp³-hybridized carbons (Fsp3) is 0.333. The Morgan fingerprint density at radius 1 is 1.00 bits per heavy atom. The van der Waals surface area contributed by atoms with Crippen molar-refractivity contribution in [3.63, 3.8) is 0 Å². The van der Waals surface area contributed by atoms with Gasteiger partial charge in [-0.2, -0.15) is 0 Å². The van der Waals surface area contributed by atoms with E-state index in [0.717, 1.165) is 44.9 Å². The smallest absolute Gasteiger partial charge is 0.119 e. The van der Waals surface area contributed by atoms with Crippen LogP contribution in [0, 0.1) is 0 Å². The van der Waals surface area contributed by atoms with E-state index in [-0.39, 0.29) is 5.41 Å². The molecule has 0 unspecified atom stereocenters. The van der Waals surface area contributed by atoms with Gasteiger partial charge in [-0.3, -0.25) is 14.9 Å². The second kappa shape index (κ2) is 7.48. The largest absolute Gasteiger partial charge is 0.497 e. The van der Waals surface area contributed by atoms with Gasteiger partial charge in [0.15, 0.2) is 0 Å². The maximum absolute atomic E-state index is 5.39. The molecule has 4 heterocycles. The molecule has 1 fully saturated rings. The van der Waals surface area contributed by atoms with Crippen LogP contribution in [0.4, 0.5) is 5.69 Å². The summed E-state index contributed by atoms with van der Waals surface area (Å²) in [5.74, 6) is 0.923. The van der Waals surface area contributed by atoms with Gasteiger partial charge in [0.05, 0.1) is 18.5 Å². The Morgan fingerprint density at radius 2 is 1.90 bits per heavy atom. The molecule has 0 aliphatic carbocycles. The van der Waals surface area contributed by atoms with Crippen LogP contribution in [0.3, 0.4) is 0 Å². The molecule has 5 rings (SSSR count). The first kappa shape index (κ1) is 18.1. The van der Waals surface area contributed by atoms with E-state index < -0.39 is 0 Å². The van der Waals surface area contributed by atoms with Crippen molar-refractivity contribution < 1.29 is 4.74 Å². The van der Waals surface area contributed by atoms with Crippen molar-refractivity contribution in [2.45, 2.75) is 24.9 Å². The molecule has 29 heavy (non-hydrogen) atoms. The molecular weight excluding hydrogens is 360 g/mol. The lowest BCUT2D eigenvalue weighted by atomic mass is 9.85. The lowest BCUT2D eigenvalue weighted by Crippen LogP contribution is -2.36. The van der Waals surface area contributed by atoms with Crippen LogP contribution in [0.25, 0.3) is 0 Å². The van der Waals surface area contributed by atoms with Crippen LogP contribution in [0.2, 0.25) is 0 Å². The Hall–Kier alpha value is -2.92. The van der Waals surface area contributed by atoms with E-state index >= 15 is 0 Å². The van der Waals surface area contributed by atoms with Crippen molar-refractivity contribution in [1.29, 1.82) is 0 Å². The summed E-state index contributed by atoms with van der Waals surface area (Å²) in [6.07, 6.45) is 6.88. The van der Waals surface area contributed by atoms with E-state index in [1.54, 1.807) is 7.11 Å². The van der Waals surface area contributed by atoms with Crippen molar-refractivity contribution in [3.8, 4) is 5.75 Å². The zero-order chi connectivity index (χ0) is 19.7. The third-order valence-corrected chi connectivity index (χ3v) is 6.19. The molecule has 0 bridgehead atoms. The second-order valence-corrected chi connectivity index (χ2v) is 8.18. The van der Waals surface area contributed by atoms with Crippen LogP contribution < -0.4 is 9.64 Å². The minimum atomic E-state index is 0.109. The Kier molecular flexibility index (Phi) is 4.68. The van der Waals surface area contributed by atoms with Crippen LogP contribution >= 0.6 is 0 Å². The molecule has 3 aromatic rings. The summed E-state index contributed by atoms with van der Waals surface area (Å²) >= 11 is 0. The van der Waals surface area contributed by atoms with Gasteiger partial charge < -0.3 is 9.64 Å². The first-order valence-electron chi connectivity index (χ1n) is 10.2. The lowest BCUT2D eigenvalue weighted by Gasteiger charge is -2.26. The average Bonchev–Trinajstić information content (AvgIpc) is 3.30. The molecule has 5 heteroatoms. The van der Waals surface area contributed by atoms with Crippen molar-refractivity contribution in [2.24, 2.45) is 0 Å². The average molecular weight is 386 g/mol. The zero-order valence-corrected chi connectivity index (χ0v) is 16.8. The zero-order valence-electron chi connectivity index (χ0n) is 16.8. The molecular formula is C24H26N4O. The molecule has 2 aliphatic rings. The van der Waals surface area contributed by atoms with Gasteiger partial charge >= 0.3 is 0 Å². The number of likely N-dealkylation sites (tertiary alicyclic amines) is 1. The van der Waals surface area contributed by atoms with E-state index in [1.807, 2.05) is 30.7 Å². The Bertz CT molecular complexity index is 993. The molecule has 148 valence electrons. The first-order valence-corrected chi connectivity index (χ1v) is 10.2. The summed E-state index contributed by atoms with van der Waals surface area (Å²) in [6, 6.07) is 16.8. The van der Waals surface area contributed by atoms with E-state index in [1.165, 1.54) is 22.5 Å². The molecule has 1 aromatic carbocycles. The molecule has 2 aromatic heterocycles. The Labute approximate surface area is 172 Å². The van der Waals surface area contributed by atoms with E-state index in [0.29, 0.717) is 0 Å². The Morgan fingerprint density at radius 3 is 2.76 bits per heavy atom. The van der Waals surface area contributed by atoms with Gasteiger partial charge in [0.25, 0.3) is 0 Å². The highest BCUT2D eigenvalue weighted by Crippen LogP contribution is 2.45. The van der Waals surface area contributed by atoms with Gasteiger partial charge in [0.1, 0.15) is 5.75 Å². The molecule has 1 spiro atoms. The predicted octanol–water partition coefficient (Wildman–Crippen LogP) is 3.65. The second-order valence-electron chi connectivity index (χ2n) is 8.18. The molecule has 1 atom stereocenters. The van der Waals surface area contributed by atoms with E-state index in [9.17, 15) is 0 Å². The van der Waals surface area contributed by atoms with Crippen LogP contribution in [0.1, 0.15) is 23.2 Å². The topological polar surface area (TPSA) is 41.5 Å². The number of hydrogen-bond acceptors (Lipinski definition) is 5. The normalized spacial score (nSPS) is 20.9. The van der Waals surface area contributed by atoms with Gasteiger partial charge in [0.2, 0.25) is 0 Å². The number of nitrogens with zero attached hydrogens (tertiary/aromatic N) is 4. The van der Waals surface area contributed by atoms with Gasteiger partial charge in [-0.15, -0.1) is 0 Å². The number of rotatable bonds is 5. The summed E-state index contributed by atoms with van der Waals surface area (Å²) in [5.41, 5.74) is 5.19. The highest BCUT2D eigenvalue weighted by Gasteiger charge is 2.48. The van der Waals surface area contributed by atoms with E-state index in [2.05, 4.69) is 51.2 Å². The summed E-state index contributed by atoms with van der Waals surface area (Å²) in [7, 11) is 1.72. The van der Waals surface area contributed by atoms with Gasteiger partial charge in [0, 0.05) is 50.2 Å². The van der Waals surface area contributed by atoms with Crippen molar-refractivity contribution in [3.05, 3.63) is 83.9 Å². The van der Waals surface area contributed by atoms with E-state index in [4.69, 9.17) is 9.72 Å². The van der Waals surface area contributed by atoms with Crippen molar-refractivity contribution in [2.75, 3.05) is 31.6 Å². The quantitative estimate of drug-likeness (QED) is 0.670. The molecule has 0 N–H and O–H groups in total. The summed E-state index contributed by atoms with van der Waals surface area (Å²) in [4.78, 5) is 14.2. The van der Waals surface area contributed by atoms with Gasteiger partial charge in [-0.25, -0.2) is 0 Å². The maximum Gasteiger partial charge on any atom is 0.119 e. The number of benzene rings is 1. The maximum atomic E-state index is 5.39. The lowest BCUT2D eigenvalue weighted by molar-refractivity contribution is 0.304. The number of methoxy groups -OCH3 is 1. The molecule has 0 amide bonds. The highest BCUT2D eigenvalue weighted by molar-refractivity contribution is 5.60. The number of fused-ring (bicyclic) bond motifs is 2. The van der Waals surface area contributed by atoms with Crippen molar-refractivity contribution >= 4 is 5.69 Å². The summed E-state index contributed by atoms with van der Waals surface area (Å²) < 4.78 is 5.39. The molecule has 1 saturated heterocycles. The summed E-state index contributed by atoms with van der Waals surface area (Å²) in [5, 5.41) is 0. The predicted molar refractivity (Wildman–Crippen MR) is 114 cm³/mol. The van der Waals surface area contributed by atoms with Crippen LogP contribution in [0.15, 0.2) is 67.1 Å². The monoisotopic (exact) mass is 386 g/mol. The summed E-state index contributed by atoms with van der Waals surface area (Å²) in [6.45, 7) is 4.97. The molecule has 5 nitrogen and oxygen atoms in total. The minimum absolute atomic E-state index is 0.109. The number of hydrogen-bond donors (Lipinski definition) is 0. The third kappa shape index (κ3) is 3.47. The fourth-order valence-corrected chi connectivity index (χ4v) is 4.88. The standard InChI is InChI=1S/C24H26N4O/c1-29-21-7-2-5-19(13-21)15-27-12-9-24(17-27)18-28(16-20-6-3-10-25-14-20)22-8-4-11-26-23(22)24/h2-8,10-11,13-14H,9,12,15-18H2,1H3/t24-/m1/s1. The number of anilines is 1. The minimum Gasteiger partial charge on any atom is -0.497 e. The molecule has 0 saturated carbocycles. The van der Waals surface area contributed by atoms with Gasteiger partial charge in [-0.05, 0) is 54.4 Å². The van der Waals surface area contributed by atoms with Crippen LogP contribution in [-0.4, -0.2) is 41.6 Å². The number of aromatic nitrogens is 2. The highest BCUT2D eigenvalue weighted by atomic mass is 16.5. The van der Waals surface area contributed by atoms with Crippen LogP contribution in [0.5, 0.6) is 5.75 Å². The SMILES string of the molecule is COc1cccc(CN2CC[C@@]3(C2)CN(Cc2cccnc2)c2cccnc23)c1. The molecule has 2 aliphatic heterocycles.